The van der Waals surface area contributed by atoms with Gasteiger partial charge in [0, 0.05) is 12.2 Å². The Morgan fingerprint density at radius 3 is 2.75 bits per heavy atom. The van der Waals surface area contributed by atoms with Crippen molar-refractivity contribution in [2.75, 3.05) is 6.54 Å². The van der Waals surface area contributed by atoms with Crippen molar-refractivity contribution < 1.29 is 0 Å². The summed E-state index contributed by atoms with van der Waals surface area (Å²) in [5, 5.41) is 0. The van der Waals surface area contributed by atoms with Crippen LogP contribution in [0.5, 0.6) is 0 Å². The summed E-state index contributed by atoms with van der Waals surface area (Å²) in [5.41, 5.74) is 14.2. The quantitative estimate of drug-likeness (QED) is 0.609. The molecule has 0 spiro atoms. The Morgan fingerprint density at radius 1 is 1.33 bits per heavy atom. The van der Waals surface area contributed by atoms with Gasteiger partial charge in [-0.3, -0.25) is 0 Å². The fourth-order valence-corrected chi connectivity index (χ4v) is 1.07. The predicted molar refractivity (Wildman–Crippen MR) is 52.3 cm³/mol. The molecule has 2 nitrogen and oxygen atoms in total. The number of allylic oxidation sites excluding steroid dienone is 5. The zero-order chi connectivity index (χ0) is 8.97. The van der Waals surface area contributed by atoms with Crippen LogP contribution in [-0.2, 0) is 0 Å². The molecule has 0 unspecified atom stereocenters. The summed E-state index contributed by atoms with van der Waals surface area (Å²) in [6, 6.07) is 0. The summed E-state index contributed by atoms with van der Waals surface area (Å²) in [6.07, 6.45) is 9.75. The average molecular weight is 162 g/mol. The maximum atomic E-state index is 5.66. The van der Waals surface area contributed by atoms with Crippen LogP contribution < -0.4 is 11.5 Å². The van der Waals surface area contributed by atoms with E-state index in [0.717, 1.165) is 11.3 Å². The van der Waals surface area contributed by atoms with E-state index >= 15 is 0 Å². The van der Waals surface area contributed by atoms with E-state index in [2.05, 4.69) is 0 Å². The molecule has 0 atom stereocenters. The van der Waals surface area contributed by atoms with Gasteiger partial charge in [0.15, 0.2) is 0 Å². The van der Waals surface area contributed by atoms with Crippen LogP contribution in [0.2, 0.25) is 0 Å². The Hall–Kier alpha value is -1.28. The Bertz CT molecular complexity index is 280. The van der Waals surface area contributed by atoms with Crippen molar-refractivity contribution in [3.63, 3.8) is 0 Å². The van der Waals surface area contributed by atoms with Gasteiger partial charge in [-0.25, -0.2) is 0 Å². The van der Waals surface area contributed by atoms with Crippen molar-refractivity contribution in [1.29, 1.82) is 0 Å². The van der Waals surface area contributed by atoms with Crippen molar-refractivity contribution in [3.05, 3.63) is 47.2 Å². The fourth-order valence-electron chi connectivity index (χ4n) is 1.07. The van der Waals surface area contributed by atoms with Crippen LogP contribution in [0.15, 0.2) is 47.2 Å². The lowest BCUT2D eigenvalue weighted by molar-refractivity contribution is 1.16. The lowest BCUT2D eigenvalue weighted by Crippen LogP contribution is -2.04. The molecule has 0 heterocycles. The molecule has 0 bridgehead atoms. The first-order chi connectivity index (χ1) is 5.72. The van der Waals surface area contributed by atoms with E-state index in [-0.39, 0.29) is 0 Å². The molecule has 1 aliphatic rings. The van der Waals surface area contributed by atoms with Crippen molar-refractivity contribution in [2.45, 2.75) is 6.92 Å². The molecule has 0 saturated heterocycles. The van der Waals surface area contributed by atoms with Crippen LogP contribution in [0, 0.1) is 0 Å². The molecule has 0 fully saturated rings. The van der Waals surface area contributed by atoms with Crippen molar-refractivity contribution in [3.8, 4) is 0 Å². The van der Waals surface area contributed by atoms with Crippen LogP contribution in [0.3, 0.4) is 0 Å². The van der Waals surface area contributed by atoms with Gasteiger partial charge in [-0.05, 0) is 24.6 Å². The highest BCUT2D eigenvalue weighted by atomic mass is 14.6. The van der Waals surface area contributed by atoms with Gasteiger partial charge < -0.3 is 11.5 Å². The van der Waals surface area contributed by atoms with E-state index in [9.17, 15) is 0 Å². The van der Waals surface area contributed by atoms with Crippen molar-refractivity contribution >= 4 is 0 Å². The Kier molecular flexibility index (Phi) is 2.88. The van der Waals surface area contributed by atoms with Crippen LogP contribution in [0.25, 0.3) is 0 Å². The number of nitrogens with two attached hydrogens (primary N) is 2. The topological polar surface area (TPSA) is 52.0 Å². The molecule has 0 aromatic rings. The maximum absolute atomic E-state index is 5.66. The molecule has 64 valence electrons. The highest BCUT2D eigenvalue weighted by Gasteiger charge is 1.93. The maximum Gasteiger partial charge on any atom is 0.0317 e. The van der Waals surface area contributed by atoms with Gasteiger partial charge in [-0.15, -0.1) is 0 Å². The highest BCUT2D eigenvalue weighted by molar-refractivity contribution is 5.39. The summed E-state index contributed by atoms with van der Waals surface area (Å²) < 4.78 is 0. The van der Waals surface area contributed by atoms with Crippen LogP contribution in [0.1, 0.15) is 6.92 Å². The standard InChI is InChI=1S/C10H14N2/c1-8-3-2-4-10(12)6-9(5-8)7-11/h2-6H,7,11-12H2,1H3/b3-2?,4-2?,8-3?,8-5?,9-5?,9-6+,10-4+,10-6?. The second-order valence-corrected chi connectivity index (χ2v) is 2.84. The first kappa shape index (κ1) is 8.81. The second-order valence-electron chi connectivity index (χ2n) is 2.84. The van der Waals surface area contributed by atoms with Gasteiger partial charge in [-0.2, -0.15) is 0 Å². The van der Waals surface area contributed by atoms with Crippen molar-refractivity contribution in [2.24, 2.45) is 11.5 Å². The van der Waals surface area contributed by atoms with Gasteiger partial charge >= 0.3 is 0 Å². The summed E-state index contributed by atoms with van der Waals surface area (Å²) >= 11 is 0. The molecule has 0 saturated carbocycles. The predicted octanol–water partition coefficient (Wildman–Crippen LogP) is 1.23. The molecule has 1 rings (SSSR count). The smallest absolute Gasteiger partial charge is 0.0317 e. The minimum Gasteiger partial charge on any atom is -0.399 e. The number of hydrogen-bond acceptors (Lipinski definition) is 2. The number of hydrogen-bond donors (Lipinski definition) is 2. The van der Waals surface area contributed by atoms with Gasteiger partial charge in [0.25, 0.3) is 0 Å². The third-order valence-electron chi connectivity index (χ3n) is 1.65. The molecule has 0 aromatic heterocycles. The van der Waals surface area contributed by atoms with E-state index in [0.29, 0.717) is 6.54 Å². The lowest BCUT2D eigenvalue weighted by Gasteiger charge is -2.02. The summed E-state index contributed by atoms with van der Waals surface area (Å²) in [4.78, 5) is 0. The van der Waals surface area contributed by atoms with Crippen LogP contribution >= 0.6 is 0 Å². The Balaban J connectivity index is 2.97. The van der Waals surface area contributed by atoms with Gasteiger partial charge in [0.05, 0.1) is 0 Å². The first-order valence-electron chi connectivity index (χ1n) is 3.95. The first-order valence-corrected chi connectivity index (χ1v) is 3.95. The molecule has 0 amide bonds. The molecule has 1 aliphatic carbocycles. The van der Waals surface area contributed by atoms with Crippen LogP contribution in [-0.4, -0.2) is 6.54 Å². The average Bonchev–Trinajstić information content (AvgIpc) is 2.00. The minimum absolute atomic E-state index is 0.528. The SMILES string of the molecule is CC1=C/C(CN)=C\C(N)=C/C=C1. The molecule has 0 aromatic carbocycles. The third kappa shape index (κ3) is 2.40. The normalized spacial score (nSPS) is 26.0. The zero-order valence-electron chi connectivity index (χ0n) is 7.25. The van der Waals surface area contributed by atoms with Crippen molar-refractivity contribution in [1.82, 2.24) is 0 Å². The minimum atomic E-state index is 0.528. The van der Waals surface area contributed by atoms with E-state index in [1.165, 1.54) is 5.57 Å². The highest BCUT2D eigenvalue weighted by Crippen LogP contribution is 2.07. The molecule has 0 aliphatic heterocycles. The molecular formula is C10H14N2. The van der Waals surface area contributed by atoms with E-state index in [1.54, 1.807) is 0 Å². The van der Waals surface area contributed by atoms with E-state index in [1.807, 2.05) is 37.3 Å². The monoisotopic (exact) mass is 162 g/mol. The summed E-state index contributed by atoms with van der Waals surface area (Å²) in [5.74, 6) is 0. The molecule has 4 N–H and O–H groups in total. The lowest BCUT2D eigenvalue weighted by atomic mass is 10.1. The Morgan fingerprint density at radius 2 is 2.08 bits per heavy atom. The largest absolute Gasteiger partial charge is 0.399 e. The zero-order valence-corrected chi connectivity index (χ0v) is 7.25. The third-order valence-corrected chi connectivity index (χ3v) is 1.65. The molecular weight excluding hydrogens is 148 g/mol. The fraction of sp³-hybridized carbons (Fsp3) is 0.200. The van der Waals surface area contributed by atoms with Gasteiger partial charge in [-0.1, -0.05) is 23.8 Å². The second kappa shape index (κ2) is 3.93. The summed E-state index contributed by atoms with van der Waals surface area (Å²) in [6.45, 7) is 2.56. The van der Waals surface area contributed by atoms with Crippen LogP contribution in [0.4, 0.5) is 0 Å². The number of rotatable bonds is 1. The molecule has 2 heteroatoms. The van der Waals surface area contributed by atoms with Gasteiger partial charge in [0.2, 0.25) is 0 Å². The molecule has 0 radical (unpaired) electrons. The molecule has 12 heavy (non-hydrogen) atoms. The summed E-state index contributed by atoms with van der Waals surface area (Å²) in [7, 11) is 0. The van der Waals surface area contributed by atoms with Gasteiger partial charge in [0.1, 0.15) is 0 Å². The van der Waals surface area contributed by atoms with E-state index < -0.39 is 0 Å². The van der Waals surface area contributed by atoms with E-state index in [4.69, 9.17) is 11.5 Å². The Labute approximate surface area is 72.9 Å².